The van der Waals surface area contributed by atoms with Crippen LogP contribution in [-0.4, -0.2) is 165 Å². The Hall–Kier alpha value is -6.38. The van der Waals surface area contributed by atoms with Gasteiger partial charge in [0.2, 0.25) is 29.4 Å². The largest absolute Gasteiger partial charge is 0.379 e. The number of Topliss-reactive ketones (excluding diaryl/α,β-unsaturated/α-hetero) is 4. The maximum absolute atomic E-state index is 14.5. The number of nitrogens with two attached hydrogens (primary N) is 2. The molecule has 1 aliphatic heterocycles. The summed E-state index contributed by atoms with van der Waals surface area (Å²) in [6, 6.07) is 14.4. The van der Waals surface area contributed by atoms with Crippen LogP contribution >= 0.6 is 0 Å². The highest BCUT2D eigenvalue weighted by molar-refractivity contribution is 6.36. The normalized spacial score (nSPS) is 16.4. The smallest absolute Gasteiger partial charge is 0.312 e. The monoisotopic (exact) mass is 1200 g/mol. The molecule has 20 nitrogen and oxygen atoms in total. The molecule has 0 aliphatic carbocycles. The number of carbonyl (C=O) groups is 10. The number of nitrogens with zero attached hydrogens (tertiary/aromatic N) is 3. The lowest BCUT2D eigenvalue weighted by Crippen LogP contribution is -2.54. The van der Waals surface area contributed by atoms with Crippen molar-refractivity contribution in [1.82, 2.24) is 30.7 Å². The first-order valence-electron chi connectivity index (χ1n) is 31.2. The Labute approximate surface area is 512 Å². The third-order valence-electron chi connectivity index (χ3n) is 17.2. The lowest BCUT2D eigenvalue weighted by molar-refractivity contribution is -0.150. The van der Waals surface area contributed by atoms with E-state index in [0.29, 0.717) is 70.0 Å². The van der Waals surface area contributed by atoms with Gasteiger partial charge in [0.1, 0.15) is 11.6 Å². The fourth-order valence-electron chi connectivity index (χ4n) is 11.7. The second-order valence-corrected chi connectivity index (χ2v) is 24.5. The second-order valence-electron chi connectivity index (χ2n) is 24.5. The molecule has 7 N–H and O–H groups in total. The number of benzene rings is 2. The van der Waals surface area contributed by atoms with Crippen LogP contribution in [0.4, 0.5) is 4.79 Å². The third-order valence-corrected chi connectivity index (χ3v) is 17.2. The van der Waals surface area contributed by atoms with E-state index in [1.165, 1.54) is 33.2 Å². The molecule has 3 rings (SSSR count). The lowest BCUT2D eigenvalue weighted by Gasteiger charge is -2.40. The molecule has 0 bridgehead atoms. The molecule has 2 aromatic rings. The topological polar surface area (TPSA) is 287 Å². The van der Waals surface area contributed by atoms with Crippen LogP contribution in [0.3, 0.4) is 0 Å². The second kappa shape index (κ2) is 38.0. The maximum Gasteiger partial charge on any atom is 0.312 e. The van der Waals surface area contributed by atoms with Crippen LogP contribution in [-0.2, 0) is 71.9 Å². The summed E-state index contributed by atoms with van der Waals surface area (Å²) in [7, 11) is 7.70. The molecule has 0 radical (unpaired) electrons. The average molecular weight is 1200 g/mol. The molecular formula is C66H104N8O12. The Bertz CT molecular complexity index is 2510. The van der Waals surface area contributed by atoms with E-state index in [9.17, 15) is 47.9 Å². The van der Waals surface area contributed by atoms with Gasteiger partial charge in [-0.3, -0.25) is 43.2 Å². The molecule has 7 amide bonds. The summed E-state index contributed by atoms with van der Waals surface area (Å²) in [5, 5.41) is 8.52. The summed E-state index contributed by atoms with van der Waals surface area (Å²) in [4.78, 5) is 139. The molecule has 1 fully saturated rings. The third kappa shape index (κ3) is 23.7. The highest BCUT2D eigenvalue weighted by Crippen LogP contribution is 2.32. The fourth-order valence-corrected chi connectivity index (χ4v) is 11.7. The molecule has 20 heteroatoms. The number of carbonyl (C=O) groups excluding carboxylic acids is 10. The van der Waals surface area contributed by atoms with E-state index in [-0.39, 0.29) is 110 Å². The predicted molar refractivity (Wildman–Crippen MR) is 332 cm³/mol. The van der Waals surface area contributed by atoms with Crippen molar-refractivity contribution in [1.29, 1.82) is 0 Å². The van der Waals surface area contributed by atoms with E-state index in [1.54, 1.807) is 23.8 Å². The number of likely N-dealkylation sites (N-methyl/N-ethyl adjacent to an activating group) is 2. The number of ether oxygens (including phenoxy) is 2. The van der Waals surface area contributed by atoms with Gasteiger partial charge in [-0.1, -0.05) is 116 Å². The number of ketones is 4. The fraction of sp³-hybridized carbons (Fsp3) is 0.667. The standard InChI is InChI=1S/C66H104N8O12/c1-13-44(6)60(73(10)64(82)52(43(4)5)40-57(78)65(83)72(8)9)58(85-11)41-59(79)74-35-21-26-54(74)61(86-12)45(7)55(76)38-49(36-47-22-16-14-17-23-47)62(80)69-34-31-46-27-29-48(30-28-46)37-56(77)53(25-20-33-70-66(68)84)71-63(81)51(42(2)3)39-50(75)24-18-15-19-32-67/h14,16-17,22-23,27-30,42-45,49,51-54,58,60-61H,13,15,18-21,24-26,31-41,67H2,1-12H3,(H,69,80)(H,71,81)(H3,68,70,84)/t44?,45?,49-,51-,52+,53?,54?,58?,60?,61?/m1/s1. The van der Waals surface area contributed by atoms with Crippen molar-refractivity contribution in [2.75, 3.05) is 61.5 Å². The summed E-state index contributed by atoms with van der Waals surface area (Å²) in [6.45, 7) is 14.7. The van der Waals surface area contributed by atoms with Gasteiger partial charge in [-0.25, -0.2) is 4.79 Å². The number of nitrogens with one attached hydrogen (secondary N) is 3. The van der Waals surface area contributed by atoms with E-state index in [0.717, 1.165) is 24.0 Å². The van der Waals surface area contributed by atoms with Crippen molar-refractivity contribution >= 4 is 58.7 Å². The number of amides is 7. The number of hydrogen-bond acceptors (Lipinski definition) is 13. The molecule has 86 heavy (non-hydrogen) atoms. The SMILES string of the molecule is CCC(C)C(C(CC(=O)N1CCCC1C(OC)C(C)C(=O)C[C@@H](Cc1ccccc1)C(=O)NCCc1ccc(CC(=O)C(CCCNC(N)=O)NC(=O)[C@H](CC(=O)CCCCCN)C(C)C)cc1)OC)N(C)C(=O)[C@@H](CC(=O)C(=O)N(C)C)C(C)C. The summed E-state index contributed by atoms with van der Waals surface area (Å²) >= 11 is 0. The van der Waals surface area contributed by atoms with Crippen molar-refractivity contribution in [2.24, 2.45) is 52.9 Å². The number of rotatable bonds is 41. The molecule has 0 saturated carbocycles. The quantitative estimate of drug-likeness (QED) is 0.0367. The summed E-state index contributed by atoms with van der Waals surface area (Å²) in [6.07, 6.45) is 4.37. The van der Waals surface area contributed by atoms with Crippen LogP contribution in [0.5, 0.6) is 0 Å². The highest BCUT2D eigenvalue weighted by Gasteiger charge is 2.44. The number of unbranched alkanes of at least 4 members (excludes halogenated alkanes) is 2. The molecule has 2 aromatic carbocycles. The molecule has 0 aromatic heterocycles. The molecule has 1 aliphatic rings. The van der Waals surface area contributed by atoms with Gasteiger partial charge in [-0.05, 0) is 92.4 Å². The van der Waals surface area contributed by atoms with Crippen molar-refractivity contribution in [3.05, 3.63) is 71.3 Å². The van der Waals surface area contributed by atoms with Gasteiger partial charge in [-0.15, -0.1) is 0 Å². The zero-order valence-electron chi connectivity index (χ0n) is 53.7. The van der Waals surface area contributed by atoms with Crippen LogP contribution in [0.25, 0.3) is 0 Å². The minimum absolute atomic E-state index is 0.00856. The van der Waals surface area contributed by atoms with Crippen molar-refractivity contribution in [2.45, 2.75) is 182 Å². The van der Waals surface area contributed by atoms with Crippen LogP contribution in [0, 0.1) is 41.4 Å². The number of methoxy groups -OCH3 is 2. The van der Waals surface area contributed by atoms with E-state index in [4.69, 9.17) is 20.9 Å². The first-order valence-corrected chi connectivity index (χ1v) is 31.2. The number of urea groups is 1. The summed E-state index contributed by atoms with van der Waals surface area (Å²) in [5.41, 5.74) is 13.4. The Kier molecular flexibility index (Phi) is 32.7. The molecular weight excluding hydrogens is 1100 g/mol. The van der Waals surface area contributed by atoms with Gasteiger partial charge < -0.3 is 51.6 Å². The zero-order valence-corrected chi connectivity index (χ0v) is 53.7. The molecule has 480 valence electrons. The van der Waals surface area contributed by atoms with Crippen LogP contribution in [0.15, 0.2) is 54.6 Å². The van der Waals surface area contributed by atoms with Gasteiger partial charge in [0.25, 0.3) is 5.91 Å². The first-order chi connectivity index (χ1) is 40.8. The van der Waals surface area contributed by atoms with E-state index < -0.39 is 71.7 Å². The molecule has 1 saturated heterocycles. The Morgan fingerprint density at radius 1 is 0.709 bits per heavy atom. The van der Waals surface area contributed by atoms with Gasteiger partial charge in [0.15, 0.2) is 5.78 Å². The molecule has 7 unspecified atom stereocenters. The predicted octanol–water partition coefficient (Wildman–Crippen LogP) is 6.20. The minimum atomic E-state index is -0.867. The molecule has 1 heterocycles. The van der Waals surface area contributed by atoms with Crippen molar-refractivity contribution in [3.63, 3.8) is 0 Å². The number of hydrogen-bond donors (Lipinski definition) is 5. The van der Waals surface area contributed by atoms with Gasteiger partial charge in [0.05, 0.1) is 36.8 Å². The van der Waals surface area contributed by atoms with E-state index in [1.807, 2.05) is 96.1 Å². The number of primary amides is 1. The summed E-state index contributed by atoms with van der Waals surface area (Å²) in [5.74, 6) is -6.22. The Balaban J connectivity index is 1.73. The van der Waals surface area contributed by atoms with Gasteiger partial charge in [0, 0.05) is 111 Å². The van der Waals surface area contributed by atoms with Crippen molar-refractivity contribution in [3.8, 4) is 0 Å². The van der Waals surface area contributed by atoms with Gasteiger partial charge in [-0.2, -0.15) is 0 Å². The Morgan fingerprint density at radius 2 is 1.36 bits per heavy atom. The maximum atomic E-state index is 14.5. The zero-order chi connectivity index (χ0) is 64.2. The van der Waals surface area contributed by atoms with E-state index >= 15 is 0 Å². The lowest BCUT2D eigenvalue weighted by atomic mass is 9.85. The summed E-state index contributed by atoms with van der Waals surface area (Å²) < 4.78 is 12.1. The van der Waals surface area contributed by atoms with Crippen LogP contribution in [0.2, 0.25) is 0 Å². The highest BCUT2D eigenvalue weighted by atomic mass is 16.5. The van der Waals surface area contributed by atoms with E-state index in [2.05, 4.69) is 16.0 Å². The minimum Gasteiger partial charge on any atom is -0.379 e. The van der Waals surface area contributed by atoms with Crippen LogP contribution in [0.1, 0.15) is 149 Å². The van der Waals surface area contributed by atoms with Crippen molar-refractivity contribution < 1.29 is 57.4 Å². The molecule has 10 atom stereocenters. The number of likely N-dealkylation sites (tertiary alicyclic amines) is 1. The average Bonchev–Trinajstić information content (AvgIpc) is 3.27. The Morgan fingerprint density at radius 3 is 1.94 bits per heavy atom. The van der Waals surface area contributed by atoms with Crippen LogP contribution < -0.4 is 27.4 Å². The van der Waals surface area contributed by atoms with Gasteiger partial charge >= 0.3 is 6.03 Å². The molecule has 0 spiro atoms. The first kappa shape index (κ1) is 73.9.